The van der Waals surface area contributed by atoms with Gasteiger partial charge in [-0.1, -0.05) is 13.3 Å². The Hall–Kier alpha value is -0.0800. The van der Waals surface area contributed by atoms with Gasteiger partial charge in [0.2, 0.25) is 0 Å². The predicted molar refractivity (Wildman–Crippen MR) is 65.0 cm³/mol. The summed E-state index contributed by atoms with van der Waals surface area (Å²) in [6.07, 6.45) is 8.44. The van der Waals surface area contributed by atoms with Crippen LogP contribution in [0.1, 0.15) is 45.4 Å². The molecule has 1 heterocycles. The van der Waals surface area contributed by atoms with Crippen LogP contribution in [-0.2, 0) is 0 Å². The van der Waals surface area contributed by atoms with Crippen LogP contribution < -0.4 is 10.6 Å². The molecule has 0 aromatic carbocycles. The van der Waals surface area contributed by atoms with Gasteiger partial charge in [0.1, 0.15) is 0 Å². The Morgan fingerprint density at radius 1 is 1.33 bits per heavy atom. The first kappa shape index (κ1) is 11.4. The highest BCUT2D eigenvalue weighted by molar-refractivity contribution is 4.92. The van der Waals surface area contributed by atoms with Crippen molar-refractivity contribution < 1.29 is 0 Å². The average Bonchev–Trinajstić information content (AvgIpc) is 2.79. The van der Waals surface area contributed by atoms with Crippen molar-refractivity contribution in [2.45, 2.75) is 51.5 Å². The highest BCUT2D eigenvalue weighted by atomic mass is 15.0. The van der Waals surface area contributed by atoms with Crippen LogP contribution in [0.5, 0.6) is 0 Å². The second-order valence-corrected chi connectivity index (χ2v) is 5.35. The summed E-state index contributed by atoms with van der Waals surface area (Å²) in [5, 5.41) is 7.13. The van der Waals surface area contributed by atoms with Crippen molar-refractivity contribution in [1.29, 1.82) is 0 Å². The maximum absolute atomic E-state index is 3.70. The smallest absolute Gasteiger partial charge is 0.00991 e. The molecule has 2 heteroatoms. The van der Waals surface area contributed by atoms with Crippen LogP contribution in [0.15, 0.2) is 0 Å². The Morgan fingerprint density at radius 2 is 2.27 bits per heavy atom. The Labute approximate surface area is 94.2 Å². The average molecular weight is 210 g/mol. The molecule has 3 unspecified atom stereocenters. The van der Waals surface area contributed by atoms with Gasteiger partial charge in [0, 0.05) is 6.04 Å². The molecule has 2 fully saturated rings. The molecule has 2 N–H and O–H groups in total. The molecule has 3 atom stereocenters. The largest absolute Gasteiger partial charge is 0.316 e. The number of nitrogens with one attached hydrogen (secondary N) is 2. The molecule has 0 bridgehead atoms. The molecule has 0 aromatic rings. The minimum Gasteiger partial charge on any atom is -0.316 e. The number of rotatable bonds is 7. The van der Waals surface area contributed by atoms with Gasteiger partial charge in [0.05, 0.1) is 0 Å². The van der Waals surface area contributed by atoms with Crippen molar-refractivity contribution >= 4 is 0 Å². The summed E-state index contributed by atoms with van der Waals surface area (Å²) in [6, 6.07) is 0.881. The van der Waals surface area contributed by atoms with Crippen molar-refractivity contribution in [3.63, 3.8) is 0 Å². The first-order chi connectivity index (χ1) is 7.40. The second-order valence-electron chi connectivity index (χ2n) is 5.35. The molecule has 0 spiro atoms. The summed E-state index contributed by atoms with van der Waals surface area (Å²) in [5.41, 5.74) is 0. The normalized spacial score (nSPS) is 34.6. The van der Waals surface area contributed by atoms with Gasteiger partial charge in [0.25, 0.3) is 0 Å². The van der Waals surface area contributed by atoms with E-state index in [1.807, 2.05) is 0 Å². The second kappa shape index (κ2) is 5.86. The predicted octanol–water partition coefficient (Wildman–Crippen LogP) is 2.15. The molecule has 0 radical (unpaired) electrons. The lowest BCUT2D eigenvalue weighted by Gasteiger charge is -2.08. The minimum atomic E-state index is 0.881. The highest BCUT2D eigenvalue weighted by Gasteiger charge is 2.34. The topological polar surface area (TPSA) is 24.1 Å². The first-order valence-electron chi connectivity index (χ1n) is 6.84. The fourth-order valence-corrected chi connectivity index (χ4v) is 2.83. The van der Waals surface area contributed by atoms with Gasteiger partial charge in [-0.15, -0.1) is 0 Å². The molecule has 15 heavy (non-hydrogen) atoms. The maximum atomic E-state index is 3.70. The van der Waals surface area contributed by atoms with E-state index in [0.717, 1.165) is 17.9 Å². The van der Waals surface area contributed by atoms with E-state index in [9.17, 15) is 0 Å². The third-order valence-corrected chi connectivity index (χ3v) is 3.94. The van der Waals surface area contributed by atoms with E-state index in [0.29, 0.717) is 0 Å². The fraction of sp³-hybridized carbons (Fsp3) is 1.00. The summed E-state index contributed by atoms with van der Waals surface area (Å²) in [4.78, 5) is 0. The lowest BCUT2D eigenvalue weighted by atomic mass is 10.0. The van der Waals surface area contributed by atoms with E-state index in [4.69, 9.17) is 0 Å². The van der Waals surface area contributed by atoms with Crippen LogP contribution in [-0.4, -0.2) is 25.7 Å². The summed E-state index contributed by atoms with van der Waals surface area (Å²) < 4.78 is 0. The van der Waals surface area contributed by atoms with E-state index in [1.54, 1.807) is 0 Å². The number of hydrogen-bond donors (Lipinski definition) is 2. The minimum absolute atomic E-state index is 0.881. The van der Waals surface area contributed by atoms with E-state index in [1.165, 1.54) is 58.2 Å². The zero-order valence-corrected chi connectivity index (χ0v) is 10.1. The zero-order valence-electron chi connectivity index (χ0n) is 10.1. The molecule has 2 rings (SSSR count). The molecule has 88 valence electrons. The third kappa shape index (κ3) is 3.76. The van der Waals surface area contributed by atoms with Crippen molar-refractivity contribution in [2.24, 2.45) is 11.8 Å². The quantitative estimate of drug-likeness (QED) is 0.629. The van der Waals surface area contributed by atoms with Crippen LogP contribution in [0.25, 0.3) is 0 Å². The summed E-state index contributed by atoms with van der Waals surface area (Å²) in [5.74, 6) is 1.99. The first-order valence-corrected chi connectivity index (χ1v) is 6.84. The van der Waals surface area contributed by atoms with Crippen LogP contribution in [0.2, 0.25) is 0 Å². The number of hydrogen-bond acceptors (Lipinski definition) is 2. The zero-order chi connectivity index (χ0) is 10.5. The molecule has 2 aliphatic rings. The lowest BCUT2D eigenvalue weighted by Crippen LogP contribution is -2.20. The van der Waals surface area contributed by atoms with Crippen LogP contribution in [0.3, 0.4) is 0 Å². The Balaban J connectivity index is 1.42. The highest BCUT2D eigenvalue weighted by Crippen LogP contribution is 2.34. The monoisotopic (exact) mass is 210 g/mol. The van der Waals surface area contributed by atoms with Crippen LogP contribution in [0.4, 0.5) is 0 Å². The molecule has 1 aliphatic carbocycles. The van der Waals surface area contributed by atoms with E-state index in [2.05, 4.69) is 17.6 Å². The van der Waals surface area contributed by atoms with Gasteiger partial charge in [0.15, 0.2) is 0 Å². The molecular weight excluding hydrogens is 184 g/mol. The Bertz CT molecular complexity index is 175. The summed E-state index contributed by atoms with van der Waals surface area (Å²) in [7, 11) is 0. The molecular formula is C13H26N2. The molecule has 0 amide bonds. The van der Waals surface area contributed by atoms with Crippen LogP contribution >= 0.6 is 0 Å². The molecule has 2 nitrogen and oxygen atoms in total. The van der Waals surface area contributed by atoms with Crippen molar-refractivity contribution in [2.75, 3.05) is 19.6 Å². The Morgan fingerprint density at radius 3 is 3.00 bits per heavy atom. The molecule has 1 saturated heterocycles. The van der Waals surface area contributed by atoms with E-state index >= 15 is 0 Å². The fourth-order valence-electron chi connectivity index (χ4n) is 2.83. The van der Waals surface area contributed by atoms with Crippen LogP contribution in [0, 0.1) is 11.8 Å². The summed E-state index contributed by atoms with van der Waals surface area (Å²) >= 11 is 0. The summed E-state index contributed by atoms with van der Waals surface area (Å²) in [6.45, 7) is 6.06. The van der Waals surface area contributed by atoms with Crippen molar-refractivity contribution in [3.8, 4) is 0 Å². The van der Waals surface area contributed by atoms with Gasteiger partial charge in [-0.05, 0) is 63.6 Å². The van der Waals surface area contributed by atoms with Crippen molar-refractivity contribution in [1.82, 2.24) is 10.6 Å². The van der Waals surface area contributed by atoms with Gasteiger partial charge < -0.3 is 10.6 Å². The molecule has 1 aliphatic heterocycles. The van der Waals surface area contributed by atoms with Crippen molar-refractivity contribution in [3.05, 3.63) is 0 Å². The molecule has 1 saturated carbocycles. The van der Waals surface area contributed by atoms with E-state index in [-0.39, 0.29) is 0 Å². The Kier molecular flexibility index (Phi) is 4.45. The van der Waals surface area contributed by atoms with Gasteiger partial charge in [-0.3, -0.25) is 0 Å². The maximum Gasteiger partial charge on any atom is 0.00991 e. The van der Waals surface area contributed by atoms with Gasteiger partial charge in [-0.2, -0.15) is 0 Å². The molecule has 0 aromatic heterocycles. The SMILES string of the molecule is CCCC1CC1NCCCC1CCNC1. The van der Waals surface area contributed by atoms with E-state index < -0.39 is 0 Å². The lowest BCUT2D eigenvalue weighted by molar-refractivity contribution is 0.485. The van der Waals surface area contributed by atoms with Gasteiger partial charge >= 0.3 is 0 Å². The third-order valence-electron chi connectivity index (χ3n) is 3.94. The standard InChI is InChI=1S/C13H26N2/c1-2-4-12-9-13(12)15-7-3-5-11-6-8-14-10-11/h11-15H,2-10H2,1H3. The van der Waals surface area contributed by atoms with Gasteiger partial charge in [-0.25, -0.2) is 0 Å².